The van der Waals surface area contributed by atoms with Gasteiger partial charge in [-0.2, -0.15) is 0 Å². The maximum atomic E-state index is 13.0. The van der Waals surface area contributed by atoms with Gasteiger partial charge in [0.1, 0.15) is 6.04 Å². The molecule has 1 saturated carbocycles. The lowest BCUT2D eigenvalue weighted by atomic mass is 9.79. The van der Waals surface area contributed by atoms with Gasteiger partial charge in [-0.3, -0.25) is 19.7 Å². The van der Waals surface area contributed by atoms with Gasteiger partial charge in [0.05, 0.1) is 0 Å². The second kappa shape index (κ2) is 9.57. The molecule has 6 heteroatoms. The molecule has 6 nitrogen and oxygen atoms in total. The molecule has 1 saturated heterocycles. The molecule has 2 heterocycles. The second-order valence-electron chi connectivity index (χ2n) is 11.6. The van der Waals surface area contributed by atoms with Crippen molar-refractivity contribution in [1.82, 2.24) is 15.5 Å². The van der Waals surface area contributed by atoms with E-state index in [1.165, 1.54) is 31.2 Å². The van der Waals surface area contributed by atoms with Gasteiger partial charge in [-0.1, -0.05) is 45.7 Å². The van der Waals surface area contributed by atoms with Crippen LogP contribution in [0.4, 0.5) is 0 Å². The minimum absolute atomic E-state index is 0.0979. The lowest BCUT2D eigenvalue weighted by Gasteiger charge is -2.36. The average Bonchev–Trinajstić information content (AvgIpc) is 3.04. The quantitative estimate of drug-likeness (QED) is 0.639. The van der Waals surface area contributed by atoms with Crippen molar-refractivity contribution >= 4 is 17.7 Å². The van der Waals surface area contributed by atoms with E-state index in [0.29, 0.717) is 41.9 Å². The van der Waals surface area contributed by atoms with Crippen LogP contribution in [0.15, 0.2) is 18.2 Å². The van der Waals surface area contributed by atoms with Gasteiger partial charge in [0.15, 0.2) is 0 Å². The highest BCUT2D eigenvalue weighted by Crippen LogP contribution is 2.32. The zero-order valence-electron chi connectivity index (χ0n) is 20.6. The summed E-state index contributed by atoms with van der Waals surface area (Å²) in [5, 5.41) is 6.30. The summed E-state index contributed by atoms with van der Waals surface area (Å²) in [6, 6.07) is 6.67. The summed E-state index contributed by atoms with van der Waals surface area (Å²) in [5.41, 5.74) is 3.29. The summed E-state index contributed by atoms with van der Waals surface area (Å²) in [4.78, 5) is 38.4. The SMILES string of the molecule is CC(CC(C)(C)C)N[C@H]1CCCC[C@@H]1Cc1ccc2c(c1)CN(C1CCC(=O)NC1=O)C2=O. The Morgan fingerprint density at radius 1 is 1.12 bits per heavy atom. The molecule has 3 aliphatic rings. The van der Waals surface area contributed by atoms with Crippen LogP contribution in [0.2, 0.25) is 0 Å². The number of imide groups is 1. The first-order valence-corrected chi connectivity index (χ1v) is 12.6. The van der Waals surface area contributed by atoms with E-state index < -0.39 is 6.04 Å². The molecule has 4 atom stereocenters. The molecule has 1 aromatic carbocycles. The molecular formula is C27H39N3O3. The maximum Gasteiger partial charge on any atom is 0.255 e. The third kappa shape index (κ3) is 5.65. The van der Waals surface area contributed by atoms with Crippen molar-refractivity contribution in [2.24, 2.45) is 11.3 Å². The number of amides is 3. The van der Waals surface area contributed by atoms with Gasteiger partial charge in [0, 0.05) is 30.6 Å². The van der Waals surface area contributed by atoms with E-state index >= 15 is 0 Å². The normalized spacial score (nSPS) is 26.8. The van der Waals surface area contributed by atoms with Gasteiger partial charge < -0.3 is 10.2 Å². The van der Waals surface area contributed by atoms with Gasteiger partial charge in [-0.15, -0.1) is 0 Å². The molecule has 3 amide bonds. The Morgan fingerprint density at radius 2 is 1.88 bits per heavy atom. The van der Waals surface area contributed by atoms with Gasteiger partial charge in [0.25, 0.3) is 5.91 Å². The predicted molar refractivity (Wildman–Crippen MR) is 129 cm³/mol. The molecule has 0 radical (unpaired) electrons. The molecule has 180 valence electrons. The number of benzene rings is 1. The Morgan fingerprint density at radius 3 is 2.61 bits per heavy atom. The smallest absolute Gasteiger partial charge is 0.255 e. The summed E-state index contributed by atoms with van der Waals surface area (Å²) in [7, 11) is 0. The number of rotatable bonds is 6. The predicted octanol–water partition coefficient (Wildman–Crippen LogP) is 3.96. The van der Waals surface area contributed by atoms with Crippen molar-refractivity contribution in [2.75, 3.05) is 0 Å². The van der Waals surface area contributed by atoms with Crippen LogP contribution in [0.3, 0.4) is 0 Å². The minimum atomic E-state index is -0.553. The van der Waals surface area contributed by atoms with Crippen molar-refractivity contribution in [1.29, 1.82) is 0 Å². The number of fused-ring (bicyclic) bond motifs is 1. The number of nitrogens with zero attached hydrogens (tertiary/aromatic N) is 1. The van der Waals surface area contributed by atoms with E-state index in [4.69, 9.17) is 0 Å². The molecule has 1 aromatic rings. The molecule has 33 heavy (non-hydrogen) atoms. The summed E-state index contributed by atoms with van der Waals surface area (Å²) >= 11 is 0. The Balaban J connectivity index is 1.42. The van der Waals surface area contributed by atoms with Gasteiger partial charge >= 0.3 is 0 Å². The first kappa shape index (κ1) is 23.9. The summed E-state index contributed by atoms with van der Waals surface area (Å²) in [6.45, 7) is 9.65. The highest BCUT2D eigenvalue weighted by Gasteiger charge is 2.39. The Bertz CT molecular complexity index is 920. The third-order valence-corrected chi connectivity index (χ3v) is 7.41. The number of carbonyl (C=O) groups excluding carboxylic acids is 3. The zero-order valence-corrected chi connectivity index (χ0v) is 20.6. The Hall–Kier alpha value is -2.21. The largest absolute Gasteiger partial charge is 0.322 e. The Kier molecular flexibility index (Phi) is 6.94. The first-order chi connectivity index (χ1) is 15.6. The monoisotopic (exact) mass is 453 g/mol. The highest BCUT2D eigenvalue weighted by molar-refractivity contribution is 6.05. The number of piperidine rings is 1. The summed E-state index contributed by atoms with van der Waals surface area (Å²) < 4.78 is 0. The molecular weight excluding hydrogens is 414 g/mol. The molecule has 0 spiro atoms. The van der Waals surface area contributed by atoms with Gasteiger partial charge in [-0.25, -0.2) is 0 Å². The molecule has 2 aliphatic heterocycles. The van der Waals surface area contributed by atoms with Crippen molar-refractivity contribution in [3.8, 4) is 0 Å². The third-order valence-electron chi connectivity index (χ3n) is 7.41. The lowest BCUT2D eigenvalue weighted by Crippen LogP contribution is -2.52. The average molecular weight is 454 g/mol. The van der Waals surface area contributed by atoms with Crippen LogP contribution in [-0.4, -0.2) is 40.7 Å². The van der Waals surface area contributed by atoms with Crippen molar-refractivity contribution < 1.29 is 14.4 Å². The standard InChI is InChI=1S/C27H39N3O3/c1-17(15-27(2,3)4)28-22-8-6-5-7-19(22)13-18-9-10-21-20(14-18)16-30(26(21)33)23-11-12-24(31)29-25(23)32/h9-10,14,17,19,22-23,28H,5-8,11-13,15-16H2,1-4H3,(H,29,31,32)/t17?,19-,22+,23?/m1/s1. The van der Waals surface area contributed by atoms with E-state index in [1.807, 2.05) is 6.07 Å². The fourth-order valence-corrected chi connectivity index (χ4v) is 6.07. The van der Waals surface area contributed by atoms with E-state index in [9.17, 15) is 14.4 Å². The fourth-order valence-electron chi connectivity index (χ4n) is 6.07. The lowest BCUT2D eigenvalue weighted by molar-refractivity contribution is -0.136. The van der Waals surface area contributed by atoms with Crippen LogP contribution in [0.25, 0.3) is 0 Å². The molecule has 2 N–H and O–H groups in total. The van der Waals surface area contributed by atoms with Crippen LogP contribution in [0.5, 0.6) is 0 Å². The Labute approximate surface area is 197 Å². The van der Waals surface area contributed by atoms with Crippen molar-refractivity contribution in [3.05, 3.63) is 34.9 Å². The van der Waals surface area contributed by atoms with Crippen LogP contribution >= 0.6 is 0 Å². The van der Waals surface area contributed by atoms with E-state index in [1.54, 1.807) is 4.90 Å². The van der Waals surface area contributed by atoms with Crippen molar-refractivity contribution in [3.63, 3.8) is 0 Å². The topological polar surface area (TPSA) is 78.5 Å². The maximum absolute atomic E-state index is 13.0. The van der Waals surface area contributed by atoms with Gasteiger partial charge in [0.2, 0.25) is 11.8 Å². The second-order valence-corrected chi connectivity index (χ2v) is 11.6. The summed E-state index contributed by atoms with van der Waals surface area (Å²) in [6.07, 6.45) is 7.89. The number of carbonyl (C=O) groups is 3. The first-order valence-electron chi connectivity index (χ1n) is 12.6. The van der Waals surface area contributed by atoms with Crippen molar-refractivity contribution in [2.45, 2.75) is 104 Å². The van der Waals surface area contributed by atoms with E-state index in [-0.39, 0.29) is 24.1 Å². The number of nitrogens with one attached hydrogen (secondary N) is 2. The zero-order chi connectivity index (χ0) is 23.8. The van der Waals surface area contributed by atoms with Crippen LogP contribution in [-0.2, 0) is 22.6 Å². The fraction of sp³-hybridized carbons (Fsp3) is 0.667. The number of hydrogen-bond donors (Lipinski definition) is 2. The molecule has 0 aromatic heterocycles. The molecule has 0 bridgehead atoms. The van der Waals surface area contributed by atoms with Crippen LogP contribution in [0.1, 0.15) is 94.1 Å². The highest BCUT2D eigenvalue weighted by atomic mass is 16.2. The molecule has 1 aliphatic carbocycles. The molecule has 2 fully saturated rings. The number of hydrogen-bond acceptors (Lipinski definition) is 4. The van der Waals surface area contributed by atoms with Crippen LogP contribution < -0.4 is 10.6 Å². The summed E-state index contributed by atoms with van der Waals surface area (Å²) in [5.74, 6) is -0.106. The van der Waals surface area contributed by atoms with Crippen LogP contribution in [0, 0.1) is 11.3 Å². The van der Waals surface area contributed by atoms with E-state index in [2.05, 4.69) is 50.5 Å². The molecule has 2 unspecified atom stereocenters. The van der Waals surface area contributed by atoms with Gasteiger partial charge in [-0.05, 0) is 67.6 Å². The minimum Gasteiger partial charge on any atom is -0.322 e. The van der Waals surface area contributed by atoms with E-state index in [0.717, 1.165) is 18.4 Å². The molecule has 4 rings (SSSR count).